The molecule has 0 amide bonds. The zero-order valence-electron chi connectivity index (χ0n) is 10.4. The summed E-state index contributed by atoms with van der Waals surface area (Å²) in [5, 5.41) is 4.21. The van der Waals surface area contributed by atoms with Crippen molar-refractivity contribution < 1.29 is 0 Å². The molecule has 1 fully saturated rings. The molecular formula is C12H20N4S. The molecule has 1 heterocycles. The maximum atomic E-state index is 5.73. The number of nitrogens with two attached hydrogens (primary N) is 1. The van der Waals surface area contributed by atoms with Gasteiger partial charge >= 0.3 is 0 Å². The number of anilines is 2. The van der Waals surface area contributed by atoms with Gasteiger partial charge in [0.1, 0.15) is 17.5 Å². The molecule has 0 bridgehead atoms. The van der Waals surface area contributed by atoms with E-state index in [1.165, 1.54) is 25.0 Å². The van der Waals surface area contributed by atoms with Gasteiger partial charge in [0.25, 0.3) is 0 Å². The summed E-state index contributed by atoms with van der Waals surface area (Å²) < 4.78 is 0. The highest BCUT2D eigenvalue weighted by molar-refractivity contribution is 7.99. The summed E-state index contributed by atoms with van der Waals surface area (Å²) in [6.07, 6.45) is 3.82. The molecule has 0 aliphatic heterocycles. The third kappa shape index (κ3) is 3.25. The van der Waals surface area contributed by atoms with Crippen LogP contribution in [0, 0.1) is 6.92 Å². The summed E-state index contributed by atoms with van der Waals surface area (Å²) in [5.74, 6) is 3.31. The molecule has 1 aliphatic carbocycles. The van der Waals surface area contributed by atoms with Crippen molar-refractivity contribution in [1.82, 2.24) is 9.97 Å². The van der Waals surface area contributed by atoms with Gasteiger partial charge in [0, 0.05) is 17.4 Å². The molecule has 2 rings (SSSR count). The summed E-state index contributed by atoms with van der Waals surface area (Å²) in [6.45, 7) is 4.08. The Morgan fingerprint density at radius 3 is 3.00 bits per heavy atom. The number of thioether (sulfide) groups is 1. The Bertz CT molecular complexity index is 363. The Kier molecular flexibility index (Phi) is 4.10. The molecule has 0 aromatic carbocycles. The smallest absolute Gasteiger partial charge is 0.132 e. The van der Waals surface area contributed by atoms with Gasteiger partial charge in [-0.15, -0.1) is 0 Å². The van der Waals surface area contributed by atoms with Crippen LogP contribution in [0.25, 0.3) is 0 Å². The second-order valence-corrected chi connectivity index (χ2v) is 5.92. The summed E-state index contributed by atoms with van der Waals surface area (Å²) >= 11 is 2.04. The molecule has 17 heavy (non-hydrogen) atoms. The Balaban J connectivity index is 2.04. The van der Waals surface area contributed by atoms with Crippen molar-refractivity contribution >= 4 is 23.4 Å². The van der Waals surface area contributed by atoms with Crippen LogP contribution in [-0.2, 0) is 0 Å². The van der Waals surface area contributed by atoms with Gasteiger partial charge in [-0.3, -0.25) is 0 Å². The Hall–Kier alpha value is -0.970. The molecule has 1 aliphatic rings. The summed E-state index contributed by atoms with van der Waals surface area (Å²) in [6, 6.07) is 2.34. The Labute approximate surface area is 107 Å². The Morgan fingerprint density at radius 1 is 1.47 bits per heavy atom. The monoisotopic (exact) mass is 252 g/mol. The van der Waals surface area contributed by atoms with E-state index in [9.17, 15) is 0 Å². The Morgan fingerprint density at radius 2 is 2.29 bits per heavy atom. The highest BCUT2D eigenvalue weighted by atomic mass is 32.2. The van der Waals surface area contributed by atoms with Crippen LogP contribution >= 0.6 is 11.8 Å². The number of nitrogens with zero attached hydrogens (tertiary/aromatic N) is 2. The SMILES string of the molecule is CCSC1CCCC1Nc1cc(N)nc(C)n1. The minimum Gasteiger partial charge on any atom is -0.384 e. The number of aromatic nitrogens is 2. The van der Waals surface area contributed by atoms with E-state index in [4.69, 9.17) is 5.73 Å². The fourth-order valence-corrected chi connectivity index (χ4v) is 3.56. The average Bonchev–Trinajstić information content (AvgIpc) is 2.65. The quantitative estimate of drug-likeness (QED) is 0.861. The standard InChI is InChI=1S/C12H20N4S/c1-3-17-10-6-4-5-9(10)16-12-7-11(13)14-8(2)15-12/h7,9-10H,3-6H2,1-2H3,(H3,13,14,15,16). The summed E-state index contributed by atoms with van der Waals surface area (Å²) in [7, 11) is 0. The van der Waals surface area contributed by atoms with Gasteiger partial charge in [-0.1, -0.05) is 13.3 Å². The lowest BCUT2D eigenvalue weighted by Gasteiger charge is -2.20. The van der Waals surface area contributed by atoms with Crippen LogP contribution < -0.4 is 11.1 Å². The molecule has 0 radical (unpaired) electrons. The van der Waals surface area contributed by atoms with E-state index in [2.05, 4.69) is 22.2 Å². The fraction of sp³-hybridized carbons (Fsp3) is 0.667. The number of nitrogens with one attached hydrogen (secondary N) is 1. The molecule has 1 aromatic heterocycles. The minimum absolute atomic E-state index is 0.522. The van der Waals surface area contributed by atoms with Crippen LogP contribution in [0.1, 0.15) is 32.0 Å². The average molecular weight is 252 g/mol. The molecule has 3 N–H and O–H groups in total. The highest BCUT2D eigenvalue weighted by Crippen LogP contribution is 2.31. The molecule has 1 saturated carbocycles. The van der Waals surface area contributed by atoms with E-state index in [-0.39, 0.29) is 0 Å². The van der Waals surface area contributed by atoms with Crippen molar-refractivity contribution in [2.24, 2.45) is 0 Å². The van der Waals surface area contributed by atoms with Crippen molar-refractivity contribution in [1.29, 1.82) is 0 Å². The van der Waals surface area contributed by atoms with Gasteiger partial charge in [0.2, 0.25) is 0 Å². The largest absolute Gasteiger partial charge is 0.384 e. The van der Waals surface area contributed by atoms with Crippen LogP contribution in [0.3, 0.4) is 0 Å². The van der Waals surface area contributed by atoms with Gasteiger partial charge < -0.3 is 11.1 Å². The van der Waals surface area contributed by atoms with E-state index >= 15 is 0 Å². The van der Waals surface area contributed by atoms with Crippen molar-refractivity contribution in [3.8, 4) is 0 Å². The minimum atomic E-state index is 0.522. The third-order valence-corrected chi connectivity index (χ3v) is 4.35. The summed E-state index contributed by atoms with van der Waals surface area (Å²) in [4.78, 5) is 8.47. The predicted octanol–water partition coefficient (Wildman–Crippen LogP) is 2.45. The molecule has 94 valence electrons. The first-order valence-corrected chi connectivity index (χ1v) is 7.23. The first kappa shape index (κ1) is 12.5. The second kappa shape index (κ2) is 5.58. The zero-order chi connectivity index (χ0) is 12.3. The first-order valence-electron chi connectivity index (χ1n) is 6.18. The van der Waals surface area contributed by atoms with Gasteiger partial charge in [-0.25, -0.2) is 9.97 Å². The van der Waals surface area contributed by atoms with Crippen LogP contribution in [0.15, 0.2) is 6.07 Å². The molecule has 0 saturated heterocycles. The van der Waals surface area contributed by atoms with Crippen LogP contribution in [0.5, 0.6) is 0 Å². The van der Waals surface area contributed by atoms with E-state index in [1.54, 1.807) is 0 Å². The highest BCUT2D eigenvalue weighted by Gasteiger charge is 2.27. The maximum Gasteiger partial charge on any atom is 0.132 e. The van der Waals surface area contributed by atoms with Gasteiger partial charge in [0.15, 0.2) is 0 Å². The maximum absolute atomic E-state index is 5.73. The first-order chi connectivity index (χ1) is 8.19. The van der Waals surface area contributed by atoms with Crippen LogP contribution in [0.2, 0.25) is 0 Å². The fourth-order valence-electron chi connectivity index (χ4n) is 2.36. The molecular weight excluding hydrogens is 232 g/mol. The number of hydrogen-bond donors (Lipinski definition) is 2. The van der Waals surface area contributed by atoms with Crippen molar-refractivity contribution in [2.45, 2.75) is 44.4 Å². The van der Waals surface area contributed by atoms with E-state index in [0.29, 0.717) is 17.1 Å². The van der Waals surface area contributed by atoms with Crippen molar-refractivity contribution in [3.05, 3.63) is 11.9 Å². The molecule has 5 heteroatoms. The van der Waals surface area contributed by atoms with E-state index < -0.39 is 0 Å². The van der Waals surface area contributed by atoms with Gasteiger partial charge in [-0.2, -0.15) is 11.8 Å². The topological polar surface area (TPSA) is 63.8 Å². The molecule has 2 unspecified atom stereocenters. The van der Waals surface area contributed by atoms with Crippen molar-refractivity contribution in [3.63, 3.8) is 0 Å². The van der Waals surface area contributed by atoms with Crippen LogP contribution in [-0.4, -0.2) is 27.0 Å². The zero-order valence-corrected chi connectivity index (χ0v) is 11.3. The lowest BCUT2D eigenvalue weighted by Crippen LogP contribution is -2.26. The predicted molar refractivity (Wildman–Crippen MR) is 74.4 cm³/mol. The number of aryl methyl sites for hydroxylation is 1. The molecule has 2 atom stereocenters. The van der Waals surface area contributed by atoms with Gasteiger partial charge in [0.05, 0.1) is 0 Å². The van der Waals surface area contributed by atoms with Crippen LogP contribution in [0.4, 0.5) is 11.6 Å². The second-order valence-electron chi connectivity index (χ2n) is 4.40. The summed E-state index contributed by atoms with van der Waals surface area (Å²) in [5.41, 5.74) is 5.73. The van der Waals surface area contributed by atoms with Gasteiger partial charge in [-0.05, 0) is 25.5 Å². The lowest BCUT2D eigenvalue weighted by molar-refractivity contribution is 0.760. The van der Waals surface area contributed by atoms with E-state index in [1.807, 2.05) is 24.8 Å². The molecule has 0 spiro atoms. The number of rotatable bonds is 4. The number of hydrogen-bond acceptors (Lipinski definition) is 5. The molecule has 1 aromatic rings. The molecule has 4 nitrogen and oxygen atoms in total. The number of nitrogen functional groups attached to an aromatic ring is 1. The lowest BCUT2D eigenvalue weighted by atomic mass is 10.2. The normalized spacial score (nSPS) is 23.9. The van der Waals surface area contributed by atoms with Crippen molar-refractivity contribution in [2.75, 3.05) is 16.8 Å². The van der Waals surface area contributed by atoms with E-state index in [0.717, 1.165) is 11.6 Å². The third-order valence-electron chi connectivity index (χ3n) is 3.02.